The second kappa shape index (κ2) is 9.12. The second-order valence-corrected chi connectivity index (χ2v) is 7.50. The Morgan fingerprint density at radius 2 is 1.76 bits per heavy atom. The zero-order valence-electron chi connectivity index (χ0n) is 14.4. The van der Waals surface area contributed by atoms with E-state index in [9.17, 15) is 0 Å². The lowest BCUT2D eigenvalue weighted by atomic mass is 9.78. The van der Waals surface area contributed by atoms with E-state index in [1.165, 1.54) is 77.7 Å². The quantitative estimate of drug-likeness (QED) is 0.765. The van der Waals surface area contributed by atoms with Crippen LogP contribution in [0.15, 0.2) is 0 Å². The largest absolute Gasteiger partial charge is 0.330 e. The van der Waals surface area contributed by atoms with Gasteiger partial charge in [-0.1, -0.05) is 20.3 Å². The highest BCUT2D eigenvalue weighted by atomic mass is 15.2. The molecule has 124 valence electrons. The molecule has 1 saturated heterocycles. The average molecular weight is 296 g/mol. The molecule has 1 aliphatic heterocycles. The summed E-state index contributed by atoms with van der Waals surface area (Å²) in [6.45, 7) is 12.2. The minimum Gasteiger partial charge on any atom is -0.330 e. The number of nitrogens with two attached hydrogens (primary N) is 1. The highest BCUT2D eigenvalue weighted by Gasteiger charge is 2.29. The number of nitrogens with zero attached hydrogens (tertiary/aromatic N) is 2. The monoisotopic (exact) mass is 295 g/mol. The van der Waals surface area contributed by atoms with E-state index in [-0.39, 0.29) is 0 Å². The predicted molar refractivity (Wildman–Crippen MR) is 91.5 cm³/mol. The maximum Gasteiger partial charge on any atom is 0.0112 e. The lowest BCUT2D eigenvalue weighted by Gasteiger charge is -2.39. The highest BCUT2D eigenvalue weighted by Crippen LogP contribution is 2.32. The van der Waals surface area contributed by atoms with E-state index in [1.54, 1.807) is 0 Å². The molecule has 0 aromatic carbocycles. The van der Waals surface area contributed by atoms with Crippen LogP contribution in [0.1, 0.15) is 58.8 Å². The van der Waals surface area contributed by atoms with Gasteiger partial charge in [-0.3, -0.25) is 4.90 Å². The fourth-order valence-electron chi connectivity index (χ4n) is 4.09. The minimum absolute atomic E-state index is 0.853. The van der Waals surface area contributed by atoms with Crippen LogP contribution >= 0.6 is 0 Å². The molecular formula is C18H37N3. The van der Waals surface area contributed by atoms with Crippen LogP contribution in [0.2, 0.25) is 0 Å². The van der Waals surface area contributed by atoms with Crippen molar-refractivity contribution in [3.05, 3.63) is 0 Å². The van der Waals surface area contributed by atoms with E-state index < -0.39 is 0 Å². The Kier molecular flexibility index (Phi) is 7.48. The molecule has 21 heavy (non-hydrogen) atoms. The summed E-state index contributed by atoms with van der Waals surface area (Å²) in [5.74, 6) is 1.85. The number of unbranched alkanes of at least 4 members (excludes halogenated alkanes) is 2. The molecule has 0 bridgehead atoms. The van der Waals surface area contributed by atoms with Crippen molar-refractivity contribution in [2.75, 3.05) is 39.3 Å². The minimum atomic E-state index is 0.853. The summed E-state index contributed by atoms with van der Waals surface area (Å²) in [4.78, 5) is 5.49. The SMILES string of the molecule is CC1CCC(N2CCCN(CCCCCN)CC2)CC1C. The van der Waals surface area contributed by atoms with Gasteiger partial charge in [-0.2, -0.15) is 0 Å². The predicted octanol–water partition coefficient (Wildman–Crippen LogP) is 2.95. The van der Waals surface area contributed by atoms with Crippen LogP contribution in [-0.4, -0.2) is 55.1 Å². The van der Waals surface area contributed by atoms with Crippen molar-refractivity contribution in [3.63, 3.8) is 0 Å². The Balaban J connectivity index is 1.70. The normalized spacial score (nSPS) is 33.0. The molecule has 0 aromatic rings. The Labute approximate surface area is 132 Å². The van der Waals surface area contributed by atoms with Crippen molar-refractivity contribution in [2.24, 2.45) is 17.6 Å². The van der Waals surface area contributed by atoms with Gasteiger partial charge in [0, 0.05) is 19.1 Å². The molecule has 3 unspecified atom stereocenters. The third kappa shape index (κ3) is 5.54. The van der Waals surface area contributed by atoms with Gasteiger partial charge in [-0.25, -0.2) is 0 Å². The van der Waals surface area contributed by atoms with Crippen LogP contribution in [0, 0.1) is 11.8 Å². The molecule has 2 N–H and O–H groups in total. The number of hydrogen-bond donors (Lipinski definition) is 1. The molecule has 3 heteroatoms. The van der Waals surface area contributed by atoms with Crippen LogP contribution in [0.3, 0.4) is 0 Å². The van der Waals surface area contributed by atoms with Gasteiger partial charge < -0.3 is 10.6 Å². The summed E-state index contributed by atoms with van der Waals surface area (Å²) in [6.07, 6.45) is 9.48. The van der Waals surface area contributed by atoms with Crippen molar-refractivity contribution >= 4 is 0 Å². The van der Waals surface area contributed by atoms with Crippen LogP contribution in [0.25, 0.3) is 0 Å². The van der Waals surface area contributed by atoms with Crippen LogP contribution in [0.4, 0.5) is 0 Å². The van der Waals surface area contributed by atoms with Gasteiger partial charge in [0.25, 0.3) is 0 Å². The number of hydrogen-bond acceptors (Lipinski definition) is 3. The van der Waals surface area contributed by atoms with E-state index >= 15 is 0 Å². The van der Waals surface area contributed by atoms with E-state index in [4.69, 9.17) is 5.73 Å². The van der Waals surface area contributed by atoms with Crippen molar-refractivity contribution in [1.29, 1.82) is 0 Å². The molecule has 1 heterocycles. The molecule has 0 aromatic heterocycles. The maximum atomic E-state index is 5.57. The summed E-state index contributed by atoms with van der Waals surface area (Å²) in [6, 6.07) is 0.869. The molecule has 1 saturated carbocycles. The first-order chi connectivity index (χ1) is 10.2. The van der Waals surface area contributed by atoms with Crippen molar-refractivity contribution in [3.8, 4) is 0 Å². The van der Waals surface area contributed by atoms with E-state index in [0.29, 0.717) is 0 Å². The standard InChI is InChI=1S/C18H37N3/c1-16-7-8-18(15-17(16)2)21-12-6-11-20(13-14-21)10-5-3-4-9-19/h16-18H,3-15,19H2,1-2H3. The first kappa shape index (κ1) is 17.2. The average Bonchev–Trinajstić information content (AvgIpc) is 2.72. The van der Waals surface area contributed by atoms with Gasteiger partial charge in [0.05, 0.1) is 0 Å². The Bertz CT molecular complexity index is 282. The zero-order chi connectivity index (χ0) is 15.1. The fourth-order valence-corrected chi connectivity index (χ4v) is 4.09. The molecule has 1 aliphatic carbocycles. The summed E-state index contributed by atoms with van der Waals surface area (Å²) in [7, 11) is 0. The first-order valence-corrected chi connectivity index (χ1v) is 9.37. The van der Waals surface area contributed by atoms with Crippen molar-refractivity contribution in [1.82, 2.24) is 9.80 Å². The molecule has 0 amide bonds. The van der Waals surface area contributed by atoms with Gasteiger partial charge in [0.15, 0.2) is 0 Å². The van der Waals surface area contributed by atoms with Gasteiger partial charge in [-0.05, 0) is 76.5 Å². The zero-order valence-corrected chi connectivity index (χ0v) is 14.4. The molecule has 0 spiro atoms. The Morgan fingerprint density at radius 3 is 2.52 bits per heavy atom. The molecule has 2 rings (SSSR count). The lowest BCUT2D eigenvalue weighted by molar-refractivity contribution is 0.111. The van der Waals surface area contributed by atoms with Crippen molar-refractivity contribution < 1.29 is 0 Å². The van der Waals surface area contributed by atoms with E-state index in [1.807, 2.05) is 0 Å². The molecular weight excluding hydrogens is 258 g/mol. The molecule has 3 atom stereocenters. The fraction of sp³-hybridized carbons (Fsp3) is 1.00. The van der Waals surface area contributed by atoms with Crippen LogP contribution < -0.4 is 5.73 Å². The van der Waals surface area contributed by atoms with Crippen LogP contribution in [0.5, 0.6) is 0 Å². The smallest absolute Gasteiger partial charge is 0.0112 e. The van der Waals surface area contributed by atoms with Gasteiger partial charge in [-0.15, -0.1) is 0 Å². The maximum absolute atomic E-state index is 5.57. The van der Waals surface area contributed by atoms with Crippen molar-refractivity contribution in [2.45, 2.75) is 64.8 Å². The third-order valence-corrected chi connectivity index (χ3v) is 5.89. The highest BCUT2D eigenvalue weighted by molar-refractivity contribution is 4.83. The third-order valence-electron chi connectivity index (χ3n) is 5.89. The summed E-state index contributed by atoms with van der Waals surface area (Å²) >= 11 is 0. The number of rotatable bonds is 6. The van der Waals surface area contributed by atoms with E-state index in [2.05, 4.69) is 23.6 Å². The van der Waals surface area contributed by atoms with Gasteiger partial charge in [0.2, 0.25) is 0 Å². The van der Waals surface area contributed by atoms with Crippen LogP contribution in [-0.2, 0) is 0 Å². The molecule has 2 aliphatic rings. The van der Waals surface area contributed by atoms with E-state index in [0.717, 1.165) is 24.4 Å². The summed E-state index contributed by atoms with van der Waals surface area (Å²) in [5, 5.41) is 0. The second-order valence-electron chi connectivity index (χ2n) is 7.50. The van der Waals surface area contributed by atoms with Gasteiger partial charge >= 0.3 is 0 Å². The summed E-state index contributed by atoms with van der Waals surface area (Å²) < 4.78 is 0. The Morgan fingerprint density at radius 1 is 0.905 bits per heavy atom. The first-order valence-electron chi connectivity index (χ1n) is 9.37. The summed E-state index contributed by atoms with van der Waals surface area (Å²) in [5.41, 5.74) is 5.57. The molecule has 0 radical (unpaired) electrons. The topological polar surface area (TPSA) is 32.5 Å². The Hall–Kier alpha value is -0.120. The lowest BCUT2D eigenvalue weighted by Crippen LogP contribution is -2.42. The molecule has 2 fully saturated rings. The van der Waals surface area contributed by atoms with Gasteiger partial charge in [0.1, 0.15) is 0 Å². The molecule has 3 nitrogen and oxygen atoms in total.